The van der Waals surface area contributed by atoms with Gasteiger partial charge in [-0.2, -0.15) is 0 Å². The monoisotopic (exact) mass is 682 g/mol. The van der Waals surface area contributed by atoms with Crippen LogP contribution >= 0.6 is 0 Å². The topological polar surface area (TPSA) is 41.5 Å². The van der Waals surface area contributed by atoms with Crippen molar-refractivity contribution in [1.82, 2.24) is 9.97 Å². The summed E-state index contributed by atoms with van der Waals surface area (Å²) in [5, 5.41) is 7.03. The van der Waals surface area contributed by atoms with Crippen LogP contribution in [0.5, 0.6) is 11.5 Å². The number of hydrogen-bond donors (Lipinski definition) is 0. The molecule has 0 atom stereocenters. The number of rotatable bonds is 6. The van der Waals surface area contributed by atoms with Crippen LogP contribution in [0, 0.1) is 13.8 Å². The van der Waals surface area contributed by atoms with E-state index in [0.29, 0.717) is 0 Å². The molecule has 0 saturated carbocycles. The van der Waals surface area contributed by atoms with Gasteiger partial charge in [0.25, 0.3) is 0 Å². The lowest BCUT2D eigenvalue weighted by Gasteiger charge is -2.29. The lowest BCUT2D eigenvalue weighted by atomic mass is 9.87. The molecule has 1 aliphatic rings. The number of hydrogen-bond acceptors (Lipinski definition) is 5. The zero-order chi connectivity index (χ0) is 35.5. The Bertz CT molecular complexity index is 2740. The summed E-state index contributed by atoms with van der Waals surface area (Å²) in [5.41, 5.74) is 8.71. The first-order valence-electron chi connectivity index (χ1n) is 17.9. The third-order valence-electron chi connectivity index (χ3n) is 10.2. The van der Waals surface area contributed by atoms with Crippen LogP contribution in [0.15, 0.2) is 170 Å². The lowest BCUT2D eigenvalue weighted by molar-refractivity contribution is 0.487. The molecule has 2 aromatic heterocycles. The molecule has 0 fully saturated rings. The van der Waals surface area contributed by atoms with Gasteiger partial charge >= 0.3 is 0 Å². The molecule has 9 aromatic rings. The molecule has 0 aliphatic carbocycles. The number of fused-ring (bicyclic) bond motifs is 6. The fraction of sp³-hybridized carbons (Fsp3) is 0.0417. The Hall–Kier alpha value is -6.98. The van der Waals surface area contributed by atoms with Gasteiger partial charge in [-0.05, 0) is 125 Å². The molecule has 5 heteroatoms. The van der Waals surface area contributed by atoms with E-state index in [0.717, 1.165) is 67.8 Å². The van der Waals surface area contributed by atoms with E-state index in [2.05, 4.69) is 145 Å². The molecule has 53 heavy (non-hydrogen) atoms. The summed E-state index contributed by atoms with van der Waals surface area (Å²) in [5.74, 6) is 3.38. The summed E-state index contributed by atoms with van der Waals surface area (Å²) in [6.45, 7) is 4.32. The predicted octanol–water partition coefficient (Wildman–Crippen LogP) is 13.3. The van der Waals surface area contributed by atoms with Gasteiger partial charge in [-0.3, -0.25) is 9.80 Å². The maximum atomic E-state index is 6.90. The molecular formula is C48H34N4O. The third-order valence-corrected chi connectivity index (χ3v) is 10.2. The summed E-state index contributed by atoms with van der Waals surface area (Å²) in [6, 6.07) is 55.5. The Labute approximate surface area is 308 Å². The molecule has 0 bridgehead atoms. The molecule has 7 aromatic carbocycles. The van der Waals surface area contributed by atoms with Gasteiger partial charge in [0, 0.05) is 46.2 Å². The van der Waals surface area contributed by atoms with Crippen LogP contribution in [0.4, 0.5) is 34.4 Å². The van der Waals surface area contributed by atoms with E-state index in [1.54, 1.807) is 0 Å². The number of aryl methyl sites for hydroxylation is 2. The van der Waals surface area contributed by atoms with Crippen molar-refractivity contribution in [3.63, 3.8) is 0 Å². The molecule has 5 nitrogen and oxygen atoms in total. The first-order chi connectivity index (χ1) is 26.1. The molecule has 10 rings (SSSR count). The van der Waals surface area contributed by atoms with Gasteiger partial charge in [0.1, 0.15) is 23.1 Å². The molecular weight excluding hydrogens is 649 g/mol. The summed E-state index contributed by atoms with van der Waals surface area (Å²) in [7, 11) is 0. The van der Waals surface area contributed by atoms with Gasteiger partial charge < -0.3 is 4.74 Å². The van der Waals surface area contributed by atoms with E-state index >= 15 is 0 Å². The molecule has 252 valence electrons. The lowest BCUT2D eigenvalue weighted by Crippen LogP contribution is -2.12. The zero-order valence-corrected chi connectivity index (χ0v) is 29.4. The maximum Gasteiger partial charge on any atom is 0.137 e. The van der Waals surface area contributed by atoms with Crippen molar-refractivity contribution in [3.05, 3.63) is 181 Å². The largest absolute Gasteiger partial charge is 0.456 e. The van der Waals surface area contributed by atoms with Crippen molar-refractivity contribution < 1.29 is 4.74 Å². The Morgan fingerprint density at radius 3 is 1.74 bits per heavy atom. The Morgan fingerprint density at radius 1 is 0.415 bits per heavy atom. The summed E-state index contributed by atoms with van der Waals surface area (Å²) in [4.78, 5) is 14.0. The smallest absolute Gasteiger partial charge is 0.137 e. The molecule has 0 unspecified atom stereocenters. The van der Waals surface area contributed by atoms with E-state index in [1.165, 1.54) is 32.7 Å². The second kappa shape index (κ2) is 12.4. The van der Waals surface area contributed by atoms with Crippen molar-refractivity contribution in [2.45, 2.75) is 13.8 Å². The van der Waals surface area contributed by atoms with Crippen LogP contribution < -0.4 is 14.5 Å². The second-order valence-corrected chi connectivity index (χ2v) is 13.6. The molecule has 3 heterocycles. The number of para-hydroxylation sites is 2. The maximum absolute atomic E-state index is 6.90. The number of ether oxygens (including phenoxy) is 1. The molecule has 0 spiro atoms. The van der Waals surface area contributed by atoms with Crippen molar-refractivity contribution in [3.8, 4) is 22.6 Å². The fourth-order valence-electron chi connectivity index (χ4n) is 7.87. The fourth-order valence-corrected chi connectivity index (χ4v) is 7.87. The number of anilines is 6. The van der Waals surface area contributed by atoms with Gasteiger partial charge in [-0.25, -0.2) is 9.97 Å². The summed E-state index contributed by atoms with van der Waals surface area (Å²) >= 11 is 0. The highest BCUT2D eigenvalue weighted by Crippen LogP contribution is 2.53. The highest BCUT2D eigenvalue weighted by Gasteiger charge is 2.26. The number of pyridine rings is 2. The van der Waals surface area contributed by atoms with Gasteiger partial charge in [-0.15, -0.1) is 0 Å². The van der Waals surface area contributed by atoms with Crippen LogP contribution in [0.25, 0.3) is 43.4 Å². The predicted molar refractivity (Wildman–Crippen MR) is 219 cm³/mol. The minimum atomic E-state index is 0.820. The van der Waals surface area contributed by atoms with Crippen LogP contribution in [-0.2, 0) is 0 Å². The van der Waals surface area contributed by atoms with Crippen molar-refractivity contribution in [1.29, 1.82) is 0 Å². The standard InChI is InChI=1S/C48H34N4O/c1-31-19-21-36-38(25-31)39-29-42-37-22-20-35(51(33-13-5-3-6-14-33)46-17-9-11-23-49-46)28-44(37)53-45-27-32(2)26-41(48(42)45)40(39)30-43(36)52(34-15-7-4-8-16-34)47-18-10-12-24-50-47/h3-30H,1-2H3. The first kappa shape index (κ1) is 30.8. The highest BCUT2D eigenvalue weighted by molar-refractivity contribution is 6.26. The minimum Gasteiger partial charge on any atom is -0.456 e. The first-order valence-corrected chi connectivity index (χ1v) is 17.9. The second-order valence-electron chi connectivity index (χ2n) is 13.6. The summed E-state index contributed by atoms with van der Waals surface area (Å²) in [6.07, 6.45) is 3.69. The van der Waals surface area contributed by atoms with E-state index < -0.39 is 0 Å². The zero-order valence-electron chi connectivity index (χ0n) is 29.4. The number of benzene rings is 7. The Kier molecular flexibility index (Phi) is 7.18. The van der Waals surface area contributed by atoms with E-state index in [9.17, 15) is 0 Å². The van der Waals surface area contributed by atoms with E-state index in [-0.39, 0.29) is 0 Å². The highest BCUT2D eigenvalue weighted by atomic mass is 16.5. The van der Waals surface area contributed by atoms with Gasteiger partial charge in [-0.1, -0.05) is 78.4 Å². The minimum absolute atomic E-state index is 0.820. The van der Waals surface area contributed by atoms with Crippen LogP contribution in [0.3, 0.4) is 0 Å². The molecule has 0 amide bonds. The van der Waals surface area contributed by atoms with Crippen molar-refractivity contribution >= 4 is 66.7 Å². The van der Waals surface area contributed by atoms with E-state index in [1.807, 2.05) is 48.8 Å². The Morgan fingerprint density at radius 2 is 1.04 bits per heavy atom. The molecule has 0 N–H and O–H groups in total. The van der Waals surface area contributed by atoms with Gasteiger partial charge in [0.05, 0.1) is 11.4 Å². The van der Waals surface area contributed by atoms with Crippen molar-refractivity contribution in [2.24, 2.45) is 0 Å². The van der Waals surface area contributed by atoms with Gasteiger partial charge in [0.15, 0.2) is 0 Å². The molecule has 1 aliphatic heterocycles. The number of nitrogens with zero attached hydrogens (tertiary/aromatic N) is 4. The van der Waals surface area contributed by atoms with Gasteiger partial charge in [0.2, 0.25) is 0 Å². The van der Waals surface area contributed by atoms with Crippen LogP contribution in [0.2, 0.25) is 0 Å². The normalized spacial score (nSPS) is 11.7. The molecule has 0 radical (unpaired) electrons. The molecule has 0 saturated heterocycles. The summed E-state index contributed by atoms with van der Waals surface area (Å²) < 4.78 is 6.90. The SMILES string of the molecule is Cc1ccc2c(N(c3ccccc3)c3ccccn3)cc3c4cc(C)cc5c4c(cc3c2c1)-c1ccc(N(c2ccccc2)c2ccccn2)cc1O5. The number of aromatic nitrogens is 2. The van der Waals surface area contributed by atoms with E-state index in [4.69, 9.17) is 14.7 Å². The average molecular weight is 683 g/mol. The van der Waals surface area contributed by atoms with Crippen LogP contribution in [-0.4, -0.2) is 9.97 Å². The third kappa shape index (κ3) is 5.16. The Balaban J connectivity index is 1.24. The van der Waals surface area contributed by atoms with Crippen LogP contribution in [0.1, 0.15) is 11.1 Å². The van der Waals surface area contributed by atoms with Crippen molar-refractivity contribution in [2.75, 3.05) is 9.80 Å². The average Bonchev–Trinajstić information content (AvgIpc) is 3.20. The quantitative estimate of drug-likeness (QED) is 0.163.